The van der Waals surface area contributed by atoms with Crippen molar-refractivity contribution in [2.24, 2.45) is 7.05 Å². The van der Waals surface area contributed by atoms with Crippen LogP contribution in [0.2, 0.25) is 0 Å². The van der Waals surface area contributed by atoms with Crippen molar-refractivity contribution in [2.45, 2.75) is 65.6 Å². The van der Waals surface area contributed by atoms with Gasteiger partial charge in [0.15, 0.2) is 0 Å². The molecule has 3 aromatic heterocycles. The fraction of sp³-hybridized carbons (Fsp3) is 0.484. The molecule has 0 spiro atoms. The highest BCUT2D eigenvalue weighted by molar-refractivity contribution is 7.88. The van der Waals surface area contributed by atoms with Gasteiger partial charge in [-0.15, -0.1) is 0 Å². The highest BCUT2D eigenvalue weighted by atomic mass is 32.2. The van der Waals surface area contributed by atoms with Crippen molar-refractivity contribution in [3.63, 3.8) is 0 Å². The van der Waals surface area contributed by atoms with Crippen LogP contribution in [0.25, 0.3) is 16.6 Å². The van der Waals surface area contributed by atoms with Gasteiger partial charge in [0.1, 0.15) is 16.8 Å². The zero-order valence-corrected chi connectivity index (χ0v) is 27.7. The van der Waals surface area contributed by atoms with E-state index < -0.39 is 15.6 Å². The van der Waals surface area contributed by atoms with E-state index in [0.717, 1.165) is 49.0 Å². The average molecular weight is 639 g/mol. The second-order valence-corrected chi connectivity index (χ2v) is 14.4. The van der Waals surface area contributed by atoms with Gasteiger partial charge in [0.25, 0.3) is 5.91 Å². The number of carbonyl (C=O) groups excluding carboxylic acids is 2. The molecule has 0 saturated carbocycles. The number of aromatic nitrogens is 4. The monoisotopic (exact) mass is 638 g/mol. The van der Waals surface area contributed by atoms with E-state index in [1.807, 2.05) is 65.0 Å². The highest BCUT2D eigenvalue weighted by Crippen LogP contribution is 2.32. The van der Waals surface area contributed by atoms with Gasteiger partial charge in [0, 0.05) is 74.5 Å². The van der Waals surface area contributed by atoms with Crippen LogP contribution in [0.4, 0.5) is 16.2 Å². The summed E-state index contributed by atoms with van der Waals surface area (Å²) in [5.74, 6) is -0.335. The predicted molar refractivity (Wildman–Crippen MR) is 174 cm³/mol. The Morgan fingerprint density at radius 3 is 2.49 bits per heavy atom. The SMILES string of the molecule is CCN(C(=O)OC(C)(C)C)C1CCN(c2ccc(C(=O)Nc3cc(CNS(C)(=O)=O)c4nc(C)cn4c3)c3nn(C)cc23)CC1. The number of hydrogen-bond acceptors (Lipinski definition) is 8. The Bertz CT molecular complexity index is 1850. The van der Waals surface area contributed by atoms with Crippen LogP contribution in [0.3, 0.4) is 0 Å². The summed E-state index contributed by atoms with van der Waals surface area (Å²) >= 11 is 0. The molecule has 0 bridgehead atoms. The first-order valence-electron chi connectivity index (χ1n) is 15.1. The summed E-state index contributed by atoms with van der Waals surface area (Å²) in [5.41, 5.74) is 3.93. The third kappa shape index (κ3) is 7.39. The zero-order valence-electron chi connectivity index (χ0n) is 26.9. The standard InChI is InChI=1S/C31H42N8O5S/c1-8-39(30(41)44-31(3,4)5)23-11-13-37(14-12-23)26-10-9-24(27-25(26)19-36(6)35-27)29(40)34-22-15-21(16-32-45(7,42)43)28-33-20(2)17-38(28)18-22/h9-10,15,17-19,23,32H,8,11-14,16H2,1-7H3,(H,34,40). The molecule has 0 unspecified atom stereocenters. The molecule has 4 heterocycles. The van der Waals surface area contributed by atoms with Crippen molar-refractivity contribution in [3.05, 3.63) is 53.6 Å². The predicted octanol–water partition coefficient (Wildman–Crippen LogP) is 4.06. The summed E-state index contributed by atoms with van der Waals surface area (Å²) in [6.45, 7) is 11.6. The zero-order chi connectivity index (χ0) is 32.7. The van der Waals surface area contributed by atoms with Crippen molar-refractivity contribution in [1.82, 2.24) is 28.8 Å². The van der Waals surface area contributed by atoms with E-state index in [2.05, 4.69) is 25.0 Å². The van der Waals surface area contributed by atoms with Crippen molar-refractivity contribution in [3.8, 4) is 0 Å². The minimum absolute atomic E-state index is 0.0339. The molecule has 0 radical (unpaired) electrons. The maximum atomic E-state index is 13.6. The number of nitrogens with one attached hydrogen (secondary N) is 2. The number of ether oxygens (including phenoxy) is 1. The maximum absolute atomic E-state index is 13.6. The molecule has 13 nitrogen and oxygen atoms in total. The summed E-state index contributed by atoms with van der Waals surface area (Å²) in [5, 5.41) is 8.47. The summed E-state index contributed by atoms with van der Waals surface area (Å²) in [7, 11) is -1.60. The number of anilines is 2. The Kier molecular flexibility index (Phi) is 8.82. The highest BCUT2D eigenvalue weighted by Gasteiger charge is 2.31. The molecule has 1 aliphatic heterocycles. The molecule has 1 aromatic carbocycles. The maximum Gasteiger partial charge on any atom is 0.410 e. The summed E-state index contributed by atoms with van der Waals surface area (Å²) in [4.78, 5) is 35.1. The largest absolute Gasteiger partial charge is 0.444 e. The van der Waals surface area contributed by atoms with Crippen LogP contribution in [0.15, 0.2) is 36.8 Å². The number of piperidine rings is 1. The molecule has 14 heteroatoms. The fourth-order valence-electron chi connectivity index (χ4n) is 5.84. The van der Waals surface area contributed by atoms with Crippen LogP contribution >= 0.6 is 0 Å². The number of hydrogen-bond donors (Lipinski definition) is 2. The lowest BCUT2D eigenvalue weighted by atomic mass is 10.0. The number of amides is 2. The van der Waals surface area contributed by atoms with Crippen molar-refractivity contribution in [1.29, 1.82) is 0 Å². The lowest BCUT2D eigenvalue weighted by Crippen LogP contribution is -2.48. The molecule has 1 aliphatic rings. The number of imidazole rings is 1. The van der Waals surface area contributed by atoms with Crippen molar-refractivity contribution < 1.29 is 22.7 Å². The first-order chi connectivity index (χ1) is 21.1. The number of pyridine rings is 1. The number of rotatable bonds is 8. The lowest BCUT2D eigenvalue weighted by molar-refractivity contribution is 0.0149. The van der Waals surface area contributed by atoms with E-state index in [9.17, 15) is 18.0 Å². The minimum Gasteiger partial charge on any atom is -0.444 e. The first kappa shape index (κ1) is 32.2. The Morgan fingerprint density at radius 2 is 1.84 bits per heavy atom. The Morgan fingerprint density at radius 1 is 1.13 bits per heavy atom. The quantitative estimate of drug-likeness (QED) is 0.294. The Balaban J connectivity index is 1.36. The van der Waals surface area contributed by atoms with E-state index in [0.29, 0.717) is 34.5 Å². The van der Waals surface area contributed by atoms with Gasteiger partial charge in [-0.25, -0.2) is 22.9 Å². The van der Waals surface area contributed by atoms with Crippen LogP contribution in [0.5, 0.6) is 0 Å². The van der Waals surface area contributed by atoms with Crippen LogP contribution < -0.4 is 14.9 Å². The van der Waals surface area contributed by atoms with Crippen LogP contribution in [0.1, 0.15) is 62.2 Å². The van der Waals surface area contributed by atoms with E-state index >= 15 is 0 Å². The molecule has 1 fully saturated rings. The smallest absolute Gasteiger partial charge is 0.410 e. The van der Waals surface area contributed by atoms with Gasteiger partial charge < -0.3 is 24.3 Å². The lowest BCUT2D eigenvalue weighted by Gasteiger charge is -2.39. The van der Waals surface area contributed by atoms with Crippen molar-refractivity contribution in [2.75, 3.05) is 36.1 Å². The first-order valence-corrected chi connectivity index (χ1v) is 17.0. The molecule has 1 saturated heterocycles. The molecular formula is C31H42N8O5S. The molecule has 5 rings (SSSR count). The molecule has 0 atom stereocenters. The normalized spacial score (nSPS) is 14.7. The number of sulfonamides is 1. The minimum atomic E-state index is -3.43. The van der Waals surface area contributed by atoms with Gasteiger partial charge in [0.2, 0.25) is 10.0 Å². The number of nitrogens with zero attached hydrogens (tertiary/aromatic N) is 6. The van der Waals surface area contributed by atoms with E-state index in [1.165, 1.54) is 0 Å². The molecule has 4 aromatic rings. The second kappa shape index (κ2) is 12.3. The molecule has 45 heavy (non-hydrogen) atoms. The average Bonchev–Trinajstić information content (AvgIpc) is 3.51. The van der Waals surface area contributed by atoms with Crippen LogP contribution in [-0.4, -0.2) is 82.0 Å². The van der Waals surface area contributed by atoms with E-state index in [4.69, 9.17) is 4.74 Å². The fourth-order valence-corrected chi connectivity index (χ4v) is 6.26. The van der Waals surface area contributed by atoms with E-state index in [-0.39, 0.29) is 24.6 Å². The van der Waals surface area contributed by atoms with Gasteiger partial charge in [-0.3, -0.25) is 9.48 Å². The number of aryl methyl sites for hydroxylation is 2. The summed E-state index contributed by atoms with van der Waals surface area (Å²) < 4.78 is 35.1. The van der Waals surface area contributed by atoms with Crippen LogP contribution in [0, 0.1) is 6.92 Å². The number of fused-ring (bicyclic) bond motifs is 2. The van der Waals surface area contributed by atoms with Gasteiger partial charge >= 0.3 is 6.09 Å². The van der Waals surface area contributed by atoms with Crippen LogP contribution in [-0.2, 0) is 28.4 Å². The molecule has 242 valence electrons. The van der Waals surface area contributed by atoms with E-state index in [1.54, 1.807) is 27.4 Å². The molecule has 2 N–H and O–H groups in total. The molecular weight excluding hydrogens is 596 g/mol. The molecule has 0 aliphatic carbocycles. The van der Waals surface area contributed by atoms with Gasteiger partial charge in [0.05, 0.1) is 23.2 Å². The third-order valence-corrected chi connectivity index (χ3v) is 8.43. The van der Waals surface area contributed by atoms with Crippen molar-refractivity contribution >= 4 is 49.9 Å². The molecule has 2 amide bonds. The number of benzene rings is 1. The topological polar surface area (TPSA) is 143 Å². The third-order valence-electron chi connectivity index (χ3n) is 7.76. The summed E-state index contributed by atoms with van der Waals surface area (Å²) in [6, 6.07) is 5.55. The Hall–Kier alpha value is -4.17. The summed E-state index contributed by atoms with van der Waals surface area (Å²) in [6.07, 6.45) is 7.89. The van der Waals surface area contributed by atoms with Gasteiger partial charge in [-0.05, 0) is 65.7 Å². The Labute approximate surface area is 263 Å². The number of carbonyl (C=O) groups is 2. The second-order valence-electron chi connectivity index (χ2n) is 12.6. The van der Waals surface area contributed by atoms with Gasteiger partial charge in [-0.1, -0.05) is 0 Å². The van der Waals surface area contributed by atoms with Gasteiger partial charge in [-0.2, -0.15) is 5.10 Å².